The van der Waals surface area contributed by atoms with Crippen LogP contribution in [-0.4, -0.2) is 46.4 Å². The van der Waals surface area contributed by atoms with Crippen molar-refractivity contribution in [1.29, 1.82) is 0 Å². The van der Waals surface area contributed by atoms with Gasteiger partial charge in [0.15, 0.2) is 4.90 Å². The molecule has 116 valence electrons. The Kier molecular flexibility index (Phi) is 4.01. The maximum Gasteiger partial charge on any atom is 0.325 e. The Morgan fingerprint density at radius 2 is 2.10 bits per heavy atom. The molecule has 0 aliphatic carbocycles. The third kappa shape index (κ3) is 2.76. The highest BCUT2D eigenvalue weighted by atomic mass is 32.2. The molecule has 2 unspecified atom stereocenters. The maximum absolute atomic E-state index is 12.5. The molecule has 2 heterocycles. The first-order chi connectivity index (χ1) is 9.75. The molecule has 0 spiro atoms. The summed E-state index contributed by atoms with van der Waals surface area (Å²) in [6.07, 6.45) is 1.88. The van der Waals surface area contributed by atoms with E-state index in [0.717, 1.165) is 10.5 Å². The summed E-state index contributed by atoms with van der Waals surface area (Å²) in [5, 5.41) is 9.25. The third-order valence-electron chi connectivity index (χ3n) is 3.51. The van der Waals surface area contributed by atoms with Gasteiger partial charge in [0, 0.05) is 12.7 Å². The summed E-state index contributed by atoms with van der Waals surface area (Å²) in [6.45, 7) is 1.67. The zero-order valence-corrected chi connectivity index (χ0v) is 12.0. The fourth-order valence-electron chi connectivity index (χ4n) is 2.50. The zero-order valence-electron chi connectivity index (χ0n) is 11.2. The van der Waals surface area contributed by atoms with Gasteiger partial charge in [-0.1, -0.05) is 6.92 Å². The van der Waals surface area contributed by atoms with Crippen molar-refractivity contribution in [2.75, 3.05) is 6.54 Å². The van der Waals surface area contributed by atoms with Gasteiger partial charge in [-0.2, -0.15) is 4.31 Å². The topological polar surface area (TPSA) is 140 Å². The van der Waals surface area contributed by atoms with Crippen LogP contribution in [0.3, 0.4) is 0 Å². The van der Waals surface area contributed by atoms with Gasteiger partial charge in [0.25, 0.3) is 15.6 Å². The van der Waals surface area contributed by atoms with Gasteiger partial charge in [-0.15, -0.1) is 0 Å². The average Bonchev–Trinajstić information content (AvgIpc) is 2.37. The number of nitrogens with one attached hydrogen (secondary N) is 2. The molecule has 21 heavy (non-hydrogen) atoms. The van der Waals surface area contributed by atoms with E-state index in [9.17, 15) is 27.9 Å². The van der Waals surface area contributed by atoms with Crippen molar-refractivity contribution in [1.82, 2.24) is 14.3 Å². The van der Waals surface area contributed by atoms with Gasteiger partial charge in [0.05, 0.1) is 0 Å². The number of aromatic amines is 2. The molecule has 1 fully saturated rings. The molecular formula is C11H15N3O6S. The monoisotopic (exact) mass is 317 g/mol. The Morgan fingerprint density at radius 3 is 2.67 bits per heavy atom. The predicted octanol–water partition coefficient (Wildman–Crippen LogP) is -1.06. The van der Waals surface area contributed by atoms with Crippen molar-refractivity contribution < 1.29 is 18.3 Å². The smallest absolute Gasteiger partial charge is 0.325 e. The molecule has 9 nitrogen and oxygen atoms in total. The van der Waals surface area contributed by atoms with E-state index in [1.165, 1.54) is 0 Å². The van der Waals surface area contributed by atoms with Crippen molar-refractivity contribution >= 4 is 16.0 Å². The van der Waals surface area contributed by atoms with Gasteiger partial charge >= 0.3 is 11.7 Å². The molecule has 3 N–H and O–H groups in total. The lowest BCUT2D eigenvalue weighted by atomic mass is 9.93. The number of hydrogen-bond acceptors (Lipinski definition) is 5. The summed E-state index contributed by atoms with van der Waals surface area (Å²) in [5.74, 6) is -1.63. The summed E-state index contributed by atoms with van der Waals surface area (Å²) < 4.78 is 25.8. The first-order valence-corrected chi connectivity index (χ1v) is 7.76. The molecule has 0 radical (unpaired) electrons. The fraction of sp³-hybridized carbons (Fsp3) is 0.545. The highest BCUT2D eigenvalue weighted by Gasteiger charge is 2.42. The highest BCUT2D eigenvalue weighted by molar-refractivity contribution is 7.89. The minimum Gasteiger partial charge on any atom is -0.480 e. The molecule has 0 saturated carbocycles. The van der Waals surface area contributed by atoms with Crippen LogP contribution in [0.15, 0.2) is 20.7 Å². The molecule has 1 aliphatic rings. The Bertz CT molecular complexity index is 765. The van der Waals surface area contributed by atoms with E-state index in [-0.39, 0.29) is 12.5 Å². The van der Waals surface area contributed by atoms with Gasteiger partial charge in [0.2, 0.25) is 0 Å². The zero-order chi connectivity index (χ0) is 15.8. The number of sulfonamides is 1. The van der Waals surface area contributed by atoms with E-state index in [4.69, 9.17) is 0 Å². The van der Waals surface area contributed by atoms with Crippen LogP contribution in [0.25, 0.3) is 0 Å². The molecule has 10 heteroatoms. The molecule has 0 bridgehead atoms. The molecule has 1 aliphatic heterocycles. The van der Waals surface area contributed by atoms with Crippen LogP contribution in [0.5, 0.6) is 0 Å². The average molecular weight is 317 g/mol. The number of rotatable bonds is 3. The predicted molar refractivity (Wildman–Crippen MR) is 71.4 cm³/mol. The van der Waals surface area contributed by atoms with E-state index in [0.29, 0.717) is 12.8 Å². The lowest BCUT2D eigenvalue weighted by Gasteiger charge is -2.35. The van der Waals surface area contributed by atoms with Gasteiger partial charge < -0.3 is 10.1 Å². The van der Waals surface area contributed by atoms with Crippen LogP contribution in [0.4, 0.5) is 0 Å². The van der Waals surface area contributed by atoms with Crippen molar-refractivity contribution in [3.05, 3.63) is 27.0 Å². The summed E-state index contributed by atoms with van der Waals surface area (Å²) >= 11 is 0. The Hall–Kier alpha value is -1.94. The quantitative estimate of drug-likeness (QED) is 0.649. The second kappa shape index (κ2) is 5.45. The van der Waals surface area contributed by atoms with Crippen LogP contribution < -0.4 is 11.2 Å². The van der Waals surface area contributed by atoms with Gasteiger partial charge in [0.1, 0.15) is 6.04 Å². The normalized spacial score (nSPS) is 23.9. The summed E-state index contributed by atoms with van der Waals surface area (Å²) in [7, 11) is -4.30. The van der Waals surface area contributed by atoms with Gasteiger partial charge in [-0.3, -0.25) is 14.6 Å². The second-order valence-electron chi connectivity index (χ2n) is 4.95. The van der Waals surface area contributed by atoms with E-state index < -0.39 is 38.2 Å². The Balaban J connectivity index is 2.53. The Labute approximate surface area is 119 Å². The molecule has 0 amide bonds. The van der Waals surface area contributed by atoms with Crippen molar-refractivity contribution in [3.63, 3.8) is 0 Å². The van der Waals surface area contributed by atoms with E-state index in [2.05, 4.69) is 4.98 Å². The number of hydrogen-bond donors (Lipinski definition) is 3. The number of carbonyl (C=O) groups is 1. The molecule has 1 aromatic rings. The number of H-pyrrole nitrogens is 2. The molecule has 1 saturated heterocycles. The maximum atomic E-state index is 12.5. The van der Waals surface area contributed by atoms with Crippen molar-refractivity contribution in [2.45, 2.75) is 30.7 Å². The van der Waals surface area contributed by atoms with Crippen LogP contribution in [0.2, 0.25) is 0 Å². The summed E-state index contributed by atoms with van der Waals surface area (Å²) in [5.41, 5.74) is -1.90. The highest BCUT2D eigenvalue weighted by Crippen LogP contribution is 2.28. The van der Waals surface area contributed by atoms with E-state index >= 15 is 0 Å². The number of aliphatic carboxylic acids is 1. The molecular weight excluding hydrogens is 302 g/mol. The van der Waals surface area contributed by atoms with Crippen LogP contribution in [0.1, 0.15) is 19.8 Å². The number of nitrogens with zero attached hydrogens (tertiary/aromatic N) is 1. The molecule has 0 aromatic carbocycles. The van der Waals surface area contributed by atoms with E-state index in [1.54, 1.807) is 6.92 Å². The van der Waals surface area contributed by atoms with Crippen LogP contribution >= 0.6 is 0 Å². The van der Waals surface area contributed by atoms with Crippen molar-refractivity contribution in [2.24, 2.45) is 5.92 Å². The lowest BCUT2D eigenvalue weighted by molar-refractivity contribution is -0.144. The number of carboxylic acid groups (broad SMARTS) is 1. The van der Waals surface area contributed by atoms with E-state index in [1.807, 2.05) is 4.98 Å². The summed E-state index contributed by atoms with van der Waals surface area (Å²) in [4.78, 5) is 37.2. The number of carboxylic acids is 1. The third-order valence-corrected chi connectivity index (χ3v) is 5.40. The standard InChI is InChI=1S/C11H15N3O6S/c1-6-3-2-4-14(8(6)10(16)17)21(19,20)7-5-12-11(18)13-9(7)15/h5-6,8H,2-4H2,1H3,(H,16,17)(H2,12,13,15,18). The minimum absolute atomic E-state index is 0.0161. The SMILES string of the molecule is CC1CCCN(S(=O)(=O)c2c[nH]c(=O)[nH]c2=O)C1C(=O)O. The second-order valence-corrected chi connectivity index (χ2v) is 6.81. The molecule has 1 aromatic heterocycles. The lowest BCUT2D eigenvalue weighted by Crippen LogP contribution is -2.52. The first kappa shape index (κ1) is 15.4. The molecule has 2 atom stereocenters. The van der Waals surface area contributed by atoms with Gasteiger partial charge in [-0.05, 0) is 18.8 Å². The van der Waals surface area contributed by atoms with Gasteiger partial charge in [-0.25, -0.2) is 13.2 Å². The first-order valence-electron chi connectivity index (χ1n) is 6.32. The minimum atomic E-state index is -4.30. The fourth-order valence-corrected chi connectivity index (χ4v) is 4.21. The largest absolute Gasteiger partial charge is 0.480 e. The summed E-state index contributed by atoms with van der Waals surface area (Å²) in [6, 6.07) is -1.23. The van der Waals surface area contributed by atoms with Crippen LogP contribution in [-0.2, 0) is 14.8 Å². The Morgan fingerprint density at radius 1 is 1.43 bits per heavy atom. The number of aromatic nitrogens is 2. The molecule has 2 rings (SSSR count). The van der Waals surface area contributed by atoms with Crippen molar-refractivity contribution in [3.8, 4) is 0 Å². The number of piperidine rings is 1. The van der Waals surface area contributed by atoms with Crippen LogP contribution in [0, 0.1) is 5.92 Å².